The Hall–Kier alpha value is -4.34. The number of amides is 2. The molecule has 1 unspecified atom stereocenters. The van der Waals surface area contributed by atoms with Gasteiger partial charge in [-0.05, 0) is 43.7 Å². The van der Waals surface area contributed by atoms with Crippen LogP contribution in [0.4, 0.5) is 24.7 Å². The number of hydrogen-bond donors (Lipinski definition) is 2. The Labute approximate surface area is 222 Å². The Kier molecular flexibility index (Phi) is 7.16. The zero-order valence-corrected chi connectivity index (χ0v) is 22.0. The van der Waals surface area contributed by atoms with Crippen molar-refractivity contribution < 1.29 is 27.7 Å². The lowest BCUT2D eigenvalue weighted by molar-refractivity contribution is -0.389. The number of primary amides is 1. The van der Waals surface area contributed by atoms with E-state index >= 15 is 0 Å². The smallest absolute Gasteiger partial charge is 0.365 e. The Balaban J connectivity index is 1.94. The maximum Gasteiger partial charge on any atom is 0.433 e. The summed E-state index contributed by atoms with van der Waals surface area (Å²) in [5, 5.41) is 22.0. The fourth-order valence-corrected chi connectivity index (χ4v) is 5.34. The van der Waals surface area contributed by atoms with Crippen LogP contribution in [0.25, 0.3) is 21.3 Å². The van der Waals surface area contributed by atoms with Gasteiger partial charge in [-0.3, -0.25) is 14.3 Å². The minimum absolute atomic E-state index is 0.0579. The van der Waals surface area contributed by atoms with Gasteiger partial charge in [0, 0.05) is 23.2 Å². The molecule has 0 saturated carbocycles. The third kappa shape index (κ3) is 4.94. The zero-order chi connectivity index (χ0) is 28.8. The number of pyridine rings is 1. The number of nitrogens with one attached hydrogen (secondary N) is 1. The Morgan fingerprint density at radius 3 is 2.44 bits per heavy atom. The summed E-state index contributed by atoms with van der Waals surface area (Å²) in [6.45, 7) is 7.16. The van der Waals surface area contributed by atoms with Crippen molar-refractivity contribution in [3.63, 3.8) is 0 Å². The molecule has 2 amide bonds. The van der Waals surface area contributed by atoms with Crippen LogP contribution in [-0.4, -0.2) is 41.3 Å². The van der Waals surface area contributed by atoms with Gasteiger partial charge < -0.3 is 21.2 Å². The maximum absolute atomic E-state index is 13.8. The number of halogens is 3. The summed E-state index contributed by atoms with van der Waals surface area (Å²) in [5.41, 5.74) is 5.59. The van der Waals surface area contributed by atoms with Gasteiger partial charge in [0.1, 0.15) is 15.4 Å². The van der Waals surface area contributed by atoms with Crippen LogP contribution in [0.15, 0.2) is 18.3 Å². The first-order chi connectivity index (χ1) is 18.3. The van der Waals surface area contributed by atoms with Crippen molar-refractivity contribution in [2.75, 3.05) is 5.32 Å². The largest absolute Gasteiger partial charge is 0.433 e. The van der Waals surface area contributed by atoms with Gasteiger partial charge in [-0.15, -0.1) is 11.3 Å². The third-order valence-electron chi connectivity index (χ3n) is 6.20. The second kappa shape index (κ2) is 10.1. The molecule has 4 aromatic rings. The van der Waals surface area contributed by atoms with Gasteiger partial charge in [0.25, 0.3) is 11.8 Å². The Morgan fingerprint density at radius 1 is 1.23 bits per heavy atom. The summed E-state index contributed by atoms with van der Waals surface area (Å²) in [6, 6.07) is 1.02. The highest BCUT2D eigenvalue weighted by Gasteiger charge is 2.36. The second-order valence-electron chi connectivity index (χ2n) is 8.62. The number of rotatable bonds is 8. The highest BCUT2D eigenvalue weighted by molar-refractivity contribution is 7.21. The van der Waals surface area contributed by atoms with Gasteiger partial charge in [0.15, 0.2) is 6.04 Å². The number of aromatic nitrogens is 5. The van der Waals surface area contributed by atoms with E-state index < -0.39 is 40.5 Å². The minimum Gasteiger partial charge on any atom is -0.365 e. The predicted molar refractivity (Wildman–Crippen MR) is 136 cm³/mol. The van der Waals surface area contributed by atoms with Gasteiger partial charge >= 0.3 is 12.0 Å². The van der Waals surface area contributed by atoms with Crippen LogP contribution in [0, 0.1) is 24.0 Å². The zero-order valence-electron chi connectivity index (χ0n) is 21.2. The molecule has 0 aliphatic carbocycles. The number of aryl methyl sites for hydroxylation is 2. The summed E-state index contributed by atoms with van der Waals surface area (Å²) < 4.78 is 44.2. The molecule has 0 aliphatic rings. The molecule has 0 aromatic carbocycles. The molecule has 12 nitrogen and oxygen atoms in total. The lowest BCUT2D eigenvalue weighted by Gasteiger charge is -2.16. The minimum atomic E-state index is -4.79. The molecule has 1 atom stereocenters. The number of thiophene rings is 1. The molecule has 0 aliphatic heterocycles. The number of hydrogen-bond acceptors (Lipinski definition) is 8. The molecule has 3 N–H and O–H groups in total. The molecule has 39 heavy (non-hydrogen) atoms. The van der Waals surface area contributed by atoms with Crippen LogP contribution in [0.1, 0.15) is 53.1 Å². The number of alkyl halides is 3. The van der Waals surface area contributed by atoms with Crippen molar-refractivity contribution in [2.24, 2.45) is 5.73 Å². The molecular formula is C23H23F3N8O4S. The fourth-order valence-electron chi connectivity index (χ4n) is 4.33. The molecule has 0 bridgehead atoms. The predicted octanol–water partition coefficient (Wildman–Crippen LogP) is 4.61. The van der Waals surface area contributed by atoms with Crippen molar-refractivity contribution in [3.05, 3.63) is 50.4 Å². The average Bonchev–Trinajstić information content (AvgIpc) is 3.54. The van der Waals surface area contributed by atoms with E-state index in [-0.39, 0.29) is 32.8 Å². The van der Waals surface area contributed by atoms with Crippen LogP contribution in [0.3, 0.4) is 0 Å². The van der Waals surface area contributed by atoms with E-state index in [9.17, 15) is 32.9 Å². The number of carbonyl (C=O) groups is 2. The van der Waals surface area contributed by atoms with Gasteiger partial charge in [-0.2, -0.15) is 23.0 Å². The summed E-state index contributed by atoms with van der Waals surface area (Å²) in [4.78, 5) is 39.7. The first kappa shape index (κ1) is 27.7. The van der Waals surface area contributed by atoms with Gasteiger partial charge in [0.2, 0.25) is 0 Å². The van der Waals surface area contributed by atoms with Crippen molar-refractivity contribution >= 4 is 44.9 Å². The summed E-state index contributed by atoms with van der Waals surface area (Å²) >= 11 is 0.618. The molecule has 0 saturated heterocycles. The van der Waals surface area contributed by atoms with E-state index in [1.807, 2.05) is 6.92 Å². The van der Waals surface area contributed by atoms with E-state index in [1.165, 1.54) is 16.9 Å². The molecule has 4 rings (SSSR count). The van der Waals surface area contributed by atoms with Crippen LogP contribution < -0.4 is 11.1 Å². The summed E-state index contributed by atoms with van der Waals surface area (Å²) in [7, 11) is 0. The SMILES string of the molecule is CCC(C(=O)Nc1c(C(N)=O)sc2nc(C(F)(F)F)cc(-c3cnn(CC)c3C)c12)n1nc([N+](=O)[O-])cc1C. The van der Waals surface area contributed by atoms with E-state index in [2.05, 4.69) is 20.5 Å². The molecule has 4 heterocycles. The van der Waals surface area contributed by atoms with Gasteiger partial charge in [-0.25, -0.2) is 4.98 Å². The number of nitro groups is 1. The van der Waals surface area contributed by atoms with E-state index in [1.54, 1.807) is 25.5 Å². The average molecular weight is 565 g/mol. The lowest BCUT2D eigenvalue weighted by Crippen LogP contribution is -2.28. The van der Waals surface area contributed by atoms with E-state index in [0.717, 1.165) is 6.07 Å². The molecule has 0 fully saturated rings. The van der Waals surface area contributed by atoms with Crippen molar-refractivity contribution in [2.45, 2.75) is 52.9 Å². The van der Waals surface area contributed by atoms with Gasteiger partial charge in [-0.1, -0.05) is 6.92 Å². The molecule has 4 aromatic heterocycles. The maximum atomic E-state index is 13.8. The topological polar surface area (TPSA) is 164 Å². The van der Waals surface area contributed by atoms with Crippen molar-refractivity contribution in [3.8, 4) is 11.1 Å². The fraction of sp³-hybridized carbons (Fsp3) is 0.348. The quantitative estimate of drug-likeness (QED) is 0.233. The first-order valence-electron chi connectivity index (χ1n) is 11.7. The van der Waals surface area contributed by atoms with Crippen molar-refractivity contribution in [1.82, 2.24) is 24.5 Å². The van der Waals surface area contributed by atoms with Crippen LogP contribution in [0.2, 0.25) is 0 Å². The number of carbonyl (C=O) groups excluding carboxylic acids is 2. The number of fused-ring (bicyclic) bond motifs is 1. The molecule has 0 spiro atoms. The van der Waals surface area contributed by atoms with E-state index in [4.69, 9.17) is 5.73 Å². The second-order valence-corrected chi connectivity index (χ2v) is 9.62. The van der Waals surface area contributed by atoms with E-state index in [0.29, 0.717) is 34.8 Å². The summed E-state index contributed by atoms with van der Waals surface area (Å²) in [5.74, 6) is -2.13. The number of nitrogens with two attached hydrogens (primary N) is 1. The molecular weight excluding hydrogens is 541 g/mol. The standard InChI is InChI=1S/C23H23F3N8O4S/c1-5-14(33-10(3)7-16(31-33)34(37)38)21(36)30-18-17-12(13-9-28-32(6-2)11(13)4)8-15(23(24,25)26)29-22(17)39-19(18)20(27)35/h7-9,14H,5-6H2,1-4H3,(H2,27,35)(H,30,36). The molecule has 206 valence electrons. The highest BCUT2D eigenvalue weighted by atomic mass is 32.1. The first-order valence-corrected chi connectivity index (χ1v) is 12.5. The normalized spacial score (nSPS) is 12.6. The molecule has 0 radical (unpaired) electrons. The van der Waals surface area contributed by atoms with Crippen molar-refractivity contribution in [1.29, 1.82) is 0 Å². The van der Waals surface area contributed by atoms with Crippen LogP contribution >= 0.6 is 11.3 Å². The molecule has 16 heteroatoms. The van der Waals surface area contributed by atoms with Gasteiger partial charge in [0.05, 0.1) is 28.7 Å². The Morgan fingerprint density at radius 2 is 1.92 bits per heavy atom. The highest BCUT2D eigenvalue weighted by Crippen LogP contribution is 2.44. The lowest BCUT2D eigenvalue weighted by atomic mass is 10.0. The Bertz CT molecular complexity index is 1620. The number of anilines is 1. The monoisotopic (exact) mass is 564 g/mol. The third-order valence-corrected chi connectivity index (χ3v) is 7.30. The summed E-state index contributed by atoms with van der Waals surface area (Å²) in [6.07, 6.45) is -3.23. The number of nitrogens with zero attached hydrogens (tertiary/aromatic N) is 6. The van der Waals surface area contributed by atoms with Crippen LogP contribution in [0.5, 0.6) is 0 Å². The van der Waals surface area contributed by atoms with Crippen LogP contribution in [-0.2, 0) is 17.5 Å².